The molecule has 0 saturated carbocycles. The lowest BCUT2D eigenvalue weighted by molar-refractivity contribution is -0.384. The molecule has 1 N–H and O–H groups in total. The van der Waals surface area contributed by atoms with Gasteiger partial charge < -0.3 is 9.84 Å². The number of halogens is 1. The Morgan fingerprint density at radius 2 is 2.16 bits per heavy atom. The molecular weight excluding hydrogens is 274 g/mol. The third-order valence-electron chi connectivity index (χ3n) is 2.75. The summed E-state index contributed by atoms with van der Waals surface area (Å²) in [6, 6.07) is 3.65. The second-order valence-corrected chi connectivity index (χ2v) is 4.26. The SMILES string of the molecule is CCOC(=O)C(O)(CC)c1ccc([N+](=O)[O-])c(Cl)c1. The Hall–Kier alpha value is -1.66. The van der Waals surface area contributed by atoms with E-state index in [4.69, 9.17) is 16.3 Å². The first kappa shape index (κ1) is 15.4. The summed E-state index contributed by atoms with van der Waals surface area (Å²) in [7, 11) is 0. The zero-order valence-electron chi connectivity index (χ0n) is 10.6. The molecule has 6 nitrogen and oxygen atoms in total. The van der Waals surface area contributed by atoms with E-state index in [-0.39, 0.29) is 29.3 Å². The molecule has 1 atom stereocenters. The van der Waals surface area contributed by atoms with E-state index in [1.54, 1.807) is 13.8 Å². The van der Waals surface area contributed by atoms with E-state index in [1.807, 2.05) is 0 Å². The maximum absolute atomic E-state index is 11.8. The van der Waals surface area contributed by atoms with Crippen LogP contribution in [-0.2, 0) is 15.1 Å². The fourth-order valence-electron chi connectivity index (χ4n) is 1.63. The molecule has 0 radical (unpaired) electrons. The summed E-state index contributed by atoms with van der Waals surface area (Å²) in [5, 5.41) is 20.9. The van der Waals surface area contributed by atoms with Gasteiger partial charge in [-0.05, 0) is 31.0 Å². The predicted molar refractivity (Wildman–Crippen MR) is 68.9 cm³/mol. The van der Waals surface area contributed by atoms with Crippen LogP contribution < -0.4 is 0 Å². The van der Waals surface area contributed by atoms with Crippen LogP contribution in [0.3, 0.4) is 0 Å². The van der Waals surface area contributed by atoms with E-state index in [1.165, 1.54) is 12.1 Å². The van der Waals surface area contributed by atoms with Crippen molar-refractivity contribution in [3.05, 3.63) is 38.9 Å². The lowest BCUT2D eigenvalue weighted by Crippen LogP contribution is -2.36. The van der Waals surface area contributed by atoms with Gasteiger partial charge in [-0.2, -0.15) is 0 Å². The molecule has 0 heterocycles. The van der Waals surface area contributed by atoms with Crippen molar-refractivity contribution < 1.29 is 19.6 Å². The molecular formula is C12H14ClNO5. The average molecular weight is 288 g/mol. The Balaban J connectivity index is 3.23. The summed E-state index contributed by atoms with van der Waals surface area (Å²) in [4.78, 5) is 21.8. The van der Waals surface area contributed by atoms with Crippen LogP contribution in [0.4, 0.5) is 5.69 Å². The van der Waals surface area contributed by atoms with Crippen molar-refractivity contribution in [2.24, 2.45) is 0 Å². The molecule has 0 saturated heterocycles. The maximum atomic E-state index is 11.8. The van der Waals surface area contributed by atoms with Gasteiger partial charge in [0.05, 0.1) is 11.5 Å². The van der Waals surface area contributed by atoms with Crippen molar-refractivity contribution in [1.29, 1.82) is 0 Å². The van der Waals surface area contributed by atoms with Crippen molar-refractivity contribution in [3.63, 3.8) is 0 Å². The van der Waals surface area contributed by atoms with Crippen LogP contribution in [0.2, 0.25) is 5.02 Å². The van der Waals surface area contributed by atoms with Crippen LogP contribution in [0.1, 0.15) is 25.8 Å². The zero-order valence-corrected chi connectivity index (χ0v) is 11.3. The Morgan fingerprint density at radius 3 is 2.58 bits per heavy atom. The van der Waals surface area contributed by atoms with Crippen LogP contribution in [-0.4, -0.2) is 22.6 Å². The van der Waals surface area contributed by atoms with Crippen molar-refractivity contribution in [2.75, 3.05) is 6.61 Å². The summed E-state index contributed by atoms with van der Waals surface area (Å²) >= 11 is 5.76. The van der Waals surface area contributed by atoms with E-state index in [0.717, 1.165) is 6.07 Å². The number of benzene rings is 1. The smallest absolute Gasteiger partial charge is 0.342 e. The summed E-state index contributed by atoms with van der Waals surface area (Å²) in [5.41, 5.74) is -1.97. The van der Waals surface area contributed by atoms with Crippen molar-refractivity contribution >= 4 is 23.3 Å². The van der Waals surface area contributed by atoms with Gasteiger partial charge in [-0.1, -0.05) is 18.5 Å². The first-order valence-corrected chi connectivity index (χ1v) is 6.08. The molecule has 0 fully saturated rings. The Bertz CT molecular complexity index is 505. The van der Waals surface area contributed by atoms with Crippen molar-refractivity contribution in [3.8, 4) is 0 Å². The third kappa shape index (κ3) is 3.02. The minimum Gasteiger partial charge on any atom is -0.464 e. The highest BCUT2D eigenvalue weighted by atomic mass is 35.5. The standard InChI is InChI=1S/C12H14ClNO5/c1-3-12(16,11(15)19-4-2)8-5-6-10(14(17)18)9(13)7-8/h5-7,16H,3-4H2,1-2H3. The number of hydrogen-bond acceptors (Lipinski definition) is 5. The van der Waals surface area contributed by atoms with Gasteiger partial charge in [0.25, 0.3) is 5.69 Å². The molecule has 104 valence electrons. The Kier molecular flexibility index (Phi) is 4.85. The summed E-state index contributed by atoms with van der Waals surface area (Å²) in [6.07, 6.45) is 0.0694. The summed E-state index contributed by atoms with van der Waals surface area (Å²) < 4.78 is 4.80. The first-order valence-electron chi connectivity index (χ1n) is 5.70. The van der Waals surface area contributed by atoms with E-state index >= 15 is 0 Å². The monoisotopic (exact) mass is 287 g/mol. The van der Waals surface area contributed by atoms with Gasteiger partial charge in [0.1, 0.15) is 5.02 Å². The van der Waals surface area contributed by atoms with Crippen LogP contribution in [0.25, 0.3) is 0 Å². The second-order valence-electron chi connectivity index (χ2n) is 3.86. The highest BCUT2D eigenvalue weighted by molar-refractivity contribution is 6.32. The Labute approximate surface area is 115 Å². The van der Waals surface area contributed by atoms with Crippen LogP contribution in [0.15, 0.2) is 18.2 Å². The summed E-state index contributed by atoms with van der Waals surface area (Å²) in [6.45, 7) is 3.35. The van der Waals surface area contributed by atoms with Gasteiger partial charge in [0.15, 0.2) is 5.60 Å². The summed E-state index contributed by atoms with van der Waals surface area (Å²) in [5.74, 6) is -0.803. The van der Waals surface area contributed by atoms with Gasteiger partial charge in [-0.15, -0.1) is 0 Å². The predicted octanol–water partition coefficient (Wildman–Crippen LogP) is 2.41. The van der Waals surface area contributed by atoms with Crippen molar-refractivity contribution in [2.45, 2.75) is 25.9 Å². The number of nitrogens with zero attached hydrogens (tertiary/aromatic N) is 1. The number of nitro groups is 1. The minimum absolute atomic E-state index is 0.0694. The lowest BCUT2D eigenvalue weighted by atomic mass is 9.91. The molecule has 0 aliphatic heterocycles. The molecule has 0 aliphatic rings. The molecule has 1 unspecified atom stereocenters. The highest BCUT2D eigenvalue weighted by Gasteiger charge is 2.38. The number of aliphatic hydroxyl groups is 1. The quantitative estimate of drug-likeness (QED) is 0.510. The number of rotatable bonds is 5. The fraction of sp³-hybridized carbons (Fsp3) is 0.417. The van der Waals surface area contributed by atoms with E-state index < -0.39 is 16.5 Å². The topological polar surface area (TPSA) is 89.7 Å². The minimum atomic E-state index is -1.85. The normalized spacial score (nSPS) is 13.7. The average Bonchev–Trinajstić information content (AvgIpc) is 2.37. The van der Waals surface area contributed by atoms with Crippen LogP contribution in [0, 0.1) is 10.1 Å². The first-order chi connectivity index (χ1) is 8.86. The second kappa shape index (κ2) is 5.99. The van der Waals surface area contributed by atoms with Crippen molar-refractivity contribution in [1.82, 2.24) is 0 Å². The van der Waals surface area contributed by atoms with Crippen LogP contribution in [0.5, 0.6) is 0 Å². The number of nitro benzene ring substituents is 1. The van der Waals surface area contributed by atoms with Gasteiger partial charge in [-0.3, -0.25) is 10.1 Å². The molecule has 0 aromatic heterocycles. The highest BCUT2D eigenvalue weighted by Crippen LogP contribution is 2.32. The molecule has 0 spiro atoms. The van der Waals surface area contributed by atoms with E-state index in [9.17, 15) is 20.0 Å². The number of carbonyl (C=O) groups excluding carboxylic acids is 1. The number of ether oxygens (including phenoxy) is 1. The molecule has 0 aliphatic carbocycles. The van der Waals surface area contributed by atoms with Crippen LogP contribution >= 0.6 is 11.6 Å². The molecule has 7 heteroatoms. The van der Waals surface area contributed by atoms with Gasteiger partial charge in [0.2, 0.25) is 0 Å². The molecule has 1 aromatic rings. The maximum Gasteiger partial charge on any atom is 0.342 e. The lowest BCUT2D eigenvalue weighted by Gasteiger charge is -2.24. The third-order valence-corrected chi connectivity index (χ3v) is 3.05. The molecule has 19 heavy (non-hydrogen) atoms. The number of hydrogen-bond donors (Lipinski definition) is 1. The molecule has 1 aromatic carbocycles. The Morgan fingerprint density at radius 1 is 1.53 bits per heavy atom. The van der Waals surface area contributed by atoms with Gasteiger partial charge >= 0.3 is 5.97 Å². The van der Waals surface area contributed by atoms with Gasteiger partial charge in [-0.25, -0.2) is 4.79 Å². The van der Waals surface area contributed by atoms with Gasteiger partial charge in [0, 0.05) is 6.07 Å². The molecule has 0 bridgehead atoms. The van der Waals surface area contributed by atoms with E-state index in [0.29, 0.717) is 0 Å². The number of carbonyl (C=O) groups is 1. The van der Waals surface area contributed by atoms with E-state index in [2.05, 4.69) is 0 Å². The molecule has 1 rings (SSSR count). The molecule has 0 amide bonds. The number of esters is 1. The zero-order chi connectivity index (χ0) is 14.6. The fourth-order valence-corrected chi connectivity index (χ4v) is 1.88. The largest absolute Gasteiger partial charge is 0.464 e.